The van der Waals surface area contributed by atoms with Crippen molar-refractivity contribution in [1.29, 1.82) is 0 Å². The molecule has 6 rings (SSSR count). The van der Waals surface area contributed by atoms with Crippen molar-refractivity contribution in [2.45, 2.75) is 32.2 Å². The Balaban J connectivity index is 1.33. The van der Waals surface area contributed by atoms with Crippen molar-refractivity contribution in [1.82, 2.24) is 24.6 Å². The lowest BCUT2D eigenvalue weighted by atomic mass is 9.73. The number of fused-ring (bicyclic) bond motifs is 2. The number of halogens is 1. The van der Waals surface area contributed by atoms with E-state index < -0.39 is 0 Å². The highest BCUT2D eigenvalue weighted by Crippen LogP contribution is 2.50. The molecule has 162 valence electrons. The summed E-state index contributed by atoms with van der Waals surface area (Å²) in [6.07, 6.45) is 10.1. The Morgan fingerprint density at radius 2 is 2.00 bits per heavy atom. The van der Waals surface area contributed by atoms with E-state index in [-0.39, 0.29) is 11.5 Å². The minimum atomic E-state index is 0.0516. The van der Waals surface area contributed by atoms with Crippen molar-refractivity contribution in [3.05, 3.63) is 71.0 Å². The van der Waals surface area contributed by atoms with Gasteiger partial charge in [-0.25, -0.2) is 9.50 Å². The van der Waals surface area contributed by atoms with E-state index in [1.54, 1.807) is 12.4 Å². The number of aromatic nitrogens is 5. The minimum absolute atomic E-state index is 0.0516. The third-order valence-electron chi connectivity index (χ3n) is 7.18. The van der Waals surface area contributed by atoms with Crippen molar-refractivity contribution in [2.75, 3.05) is 18.0 Å². The molecule has 2 N–H and O–H groups in total. The molecular formula is C24H24ClN7. The smallest absolute Gasteiger partial charge is 0.155 e. The lowest BCUT2D eigenvalue weighted by Crippen LogP contribution is -2.44. The molecule has 0 bridgehead atoms. The maximum atomic E-state index is 6.73. The minimum Gasteiger partial charge on any atom is -0.355 e. The number of rotatable bonds is 2. The van der Waals surface area contributed by atoms with Crippen LogP contribution in [-0.2, 0) is 6.42 Å². The van der Waals surface area contributed by atoms with Crippen LogP contribution in [0, 0.1) is 12.3 Å². The van der Waals surface area contributed by atoms with Gasteiger partial charge in [0.15, 0.2) is 5.82 Å². The van der Waals surface area contributed by atoms with Gasteiger partial charge in [-0.15, -0.1) is 0 Å². The molecule has 0 saturated carbocycles. The summed E-state index contributed by atoms with van der Waals surface area (Å²) in [7, 11) is 0. The summed E-state index contributed by atoms with van der Waals surface area (Å²) in [5.74, 6) is 0.968. The molecule has 4 aromatic heterocycles. The van der Waals surface area contributed by atoms with E-state index in [1.807, 2.05) is 42.0 Å². The van der Waals surface area contributed by atoms with E-state index in [2.05, 4.69) is 26.0 Å². The number of hydrogen-bond acceptors (Lipinski definition) is 6. The molecule has 1 saturated heterocycles. The van der Waals surface area contributed by atoms with Crippen molar-refractivity contribution in [3.63, 3.8) is 0 Å². The maximum Gasteiger partial charge on any atom is 0.155 e. The van der Waals surface area contributed by atoms with Gasteiger partial charge in [-0.3, -0.25) is 9.97 Å². The predicted octanol–water partition coefficient (Wildman–Crippen LogP) is 3.99. The molecule has 0 amide bonds. The van der Waals surface area contributed by atoms with Gasteiger partial charge in [-0.1, -0.05) is 17.7 Å². The molecule has 7 nitrogen and oxygen atoms in total. The van der Waals surface area contributed by atoms with Crippen LogP contribution in [0.3, 0.4) is 0 Å². The summed E-state index contributed by atoms with van der Waals surface area (Å²) >= 11 is 6.19. The van der Waals surface area contributed by atoms with Crippen molar-refractivity contribution in [3.8, 4) is 11.3 Å². The molecule has 32 heavy (non-hydrogen) atoms. The number of aryl methyl sites for hydroxylation is 1. The Bertz CT molecular complexity index is 1320. The van der Waals surface area contributed by atoms with Gasteiger partial charge < -0.3 is 10.6 Å². The lowest BCUT2D eigenvalue weighted by Gasteiger charge is -2.42. The Kier molecular flexibility index (Phi) is 4.45. The third kappa shape index (κ3) is 2.92. The van der Waals surface area contributed by atoms with Gasteiger partial charge in [0.1, 0.15) is 5.52 Å². The van der Waals surface area contributed by atoms with Gasteiger partial charge >= 0.3 is 0 Å². The quantitative estimate of drug-likeness (QED) is 0.502. The van der Waals surface area contributed by atoms with E-state index in [0.717, 1.165) is 60.6 Å². The van der Waals surface area contributed by atoms with Crippen molar-refractivity contribution < 1.29 is 0 Å². The molecule has 1 spiro atoms. The molecule has 1 aliphatic carbocycles. The molecule has 2 aliphatic rings. The number of pyridine rings is 2. The van der Waals surface area contributed by atoms with E-state index in [4.69, 9.17) is 22.3 Å². The lowest BCUT2D eigenvalue weighted by molar-refractivity contribution is 0.187. The SMILES string of the molecule is Cc1nc(N2CCC3(CC2)Cc2ncccc2[C@H]3N)c2ccnn2c1-c1cncc(Cl)c1. The first-order chi connectivity index (χ1) is 15.6. The topological polar surface area (TPSA) is 85.2 Å². The molecule has 0 aromatic carbocycles. The Labute approximate surface area is 191 Å². The highest BCUT2D eigenvalue weighted by atomic mass is 35.5. The second-order valence-electron chi connectivity index (χ2n) is 8.93. The number of piperidine rings is 1. The van der Waals surface area contributed by atoms with Gasteiger partial charge in [0.05, 0.1) is 22.6 Å². The zero-order chi connectivity index (χ0) is 21.9. The van der Waals surface area contributed by atoms with Crippen LogP contribution in [0.5, 0.6) is 0 Å². The second kappa shape index (κ2) is 7.25. The maximum absolute atomic E-state index is 6.73. The molecule has 1 fully saturated rings. The van der Waals surface area contributed by atoms with Gasteiger partial charge in [-0.2, -0.15) is 5.10 Å². The van der Waals surface area contributed by atoms with Crippen molar-refractivity contribution >= 4 is 22.9 Å². The Morgan fingerprint density at radius 1 is 1.16 bits per heavy atom. The largest absolute Gasteiger partial charge is 0.355 e. The van der Waals surface area contributed by atoms with E-state index in [9.17, 15) is 0 Å². The van der Waals surface area contributed by atoms with Gasteiger partial charge in [0.25, 0.3) is 0 Å². The summed E-state index contributed by atoms with van der Waals surface area (Å²) < 4.78 is 1.95. The molecule has 0 unspecified atom stereocenters. The number of hydrogen-bond donors (Lipinski definition) is 1. The summed E-state index contributed by atoms with van der Waals surface area (Å²) in [6.45, 7) is 3.83. The predicted molar refractivity (Wildman–Crippen MR) is 125 cm³/mol. The summed E-state index contributed by atoms with van der Waals surface area (Å²) in [5, 5.41) is 5.20. The fourth-order valence-electron chi connectivity index (χ4n) is 5.48. The average molecular weight is 446 g/mol. The van der Waals surface area contributed by atoms with Gasteiger partial charge in [0, 0.05) is 49.0 Å². The normalized spacial score (nSPS) is 19.6. The third-order valence-corrected chi connectivity index (χ3v) is 7.38. The Hall–Kier alpha value is -3.03. The highest BCUT2D eigenvalue weighted by Gasteiger charge is 2.46. The highest BCUT2D eigenvalue weighted by molar-refractivity contribution is 6.30. The van der Waals surface area contributed by atoms with Crippen LogP contribution < -0.4 is 10.6 Å². The summed E-state index contributed by atoms with van der Waals surface area (Å²) in [4.78, 5) is 16.2. The Morgan fingerprint density at radius 3 is 2.78 bits per heavy atom. The molecule has 1 atom stereocenters. The first kappa shape index (κ1) is 19.6. The molecule has 4 aromatic rings. The van der Waals surface area contributed by atoms with E-state index in [1.165, 1.54) is 11.3 Å². The molecule has 8 heteroatoms. The van der Waals surface area contributed by atoms with Crippen LogP contribution in [0.1, 0.15) is 35.8 Å². The first-order valence-electron chi connectivity index (χ1n) is 11.0. The fourth-order valence-corrected chi connectivity index (χ4v) is 5.66. The van der Waals surface area contributed by atoms with Crippen LogP contribution in [0.2, 0.25) is 5.02 Å². The zero-order valence-electron chi connectivity index (χ0n) is 17.9. The van der Waals surface area contributed by atoms with Crippen LogP contribution in [-0.4, -0.2) is 37.7 Å². The first-order valence-corrected chi connectivity index (χ1v) is 11.3. The number of anilines is 1. The van der Waals surface area contributed by atoms with Crippen molar-refractivity contribution in [2.24, 2.45) is 11.1 Å². The van der Waals surface area contributed by atoms with Crippen LogP contribution >= 0.6 is 11.6 Å². The van der Waals surface area contributed by atoms with Gasteiger partial charge in [0.2, 0.25) is 0 Å². The number of nitrogens with zero attached hydrogens (tertiary/aromatic N) is 6. The second-order valence-corrected chi connectivity index (χ2v) is 9.37. The number of nitrogens with two attached hydrogens (primary N) is 1. The average Bonchev–Trinajstić information content (AvgIpc) is 3.38. The molecular weight excluding hydrogens is 422 g/mol. The zero-order valence-corrected chi connectivity index (χ0v) is 18.6. The summed E-state index contributed by atoms with van der Waals surface area (Å²) in [6, 6.07) is 8.10. The van der Waals surface area contributed by atoms with Gasteiger partial charge in [-0.05, 0) is 55.4 Å². The fraction of sp³-hybridized carbons (Fsp3) is 0.333. The van der Waals surface area contributed by atoms with E-state index >= 15 is 0 Å². The van der Waals surface area contributed by atoms with Crippen LogP contribution in [0.25, 0.3) is 16.8 Å². The monoisotopic (exact) mass is 445 g/mol. The molecule has 1 aliphatic heterocycles. The molecule has 5 heterocycles. The van der Waals surface area contributed by atoms with Crippen LogP contribution in [0.4, 0.5) is 5.82 Å². The molecule has 0 radical (unpaired) electrons. The van der Waals surface area contributed by atoms with Crippen LogP contribution in [0.15, 0.2) is 49.1 Å². The standard InChI is InChI=1S/C24H24ClN7/c1-15-21(16-11-17(25)14-27-13-16)32-20(4-8-29-32)23(30-15)31-9-5-24(6-10-31)12-19-18(22(24)26)3-2-7-28-19/h2-4,7-8,11,13-14,22H,5-6,9-10,12,26H2,1H3/t22-/m1/s1. The van der Waals surface area contributed by atoms with E-state index in [0.29, 0.717) is 5.02 Å². The summed E-state index contributed by atoms with van der Waals surface area (Å²) in [5.41, 5.74) is 12.9.